The molecule has 140 valence electrons. The number of benzene rings is 1. The van der Waals surface area contributed by atoms with Crippen molar-refractivity contribution in [3.8, 4) is 11.5 Å². The molecule has 0 saturated carbocycles. The number of amides is 2. The molecule has 0 aliphatic carbocycles. The van der Waals surface area contributed by atoms with Gasteiger partial charge in [0.15, 0.2) is 0 Å². The number of oxazole rings is 1. The van der Waals surface area contributed by atoms with Crippen LogP contribution in [0.15, 0.2) is 28.7 Å². The fraction of sp³-hybridized carbons (Fsp3) is 0.450. The van der Waals surface area contributed by atoms with Crippen LogP contribution >= 0.6 is 0 Å². The van der Waals surface area contributed by atoms with Crippen LogP contribution in [0.25, 0.3) is 11.5 Å². The van der Waals surface area contributed by atoms with E-state index in [-0.39, 0.29) is 18.2 Å². The highest BCUT2D eigenvalue weighted by atomic mass is 16.4. The molecule has 6 heteroatoms. The van der Waals surface area contributed by atoms with Crippen LogP contribution in [0.4, 0.5) is 0 Å². The molecule has 0 aliphatic heterocycles. The Balaban J connectivity index is 1.82. The lowest BCUT2D eigenvalue weighted by molar-refractivity contribution is -0.121. The van der Waals surface area contributed by atoms with Gasteiger partial charge in [0, 0.05) is 25.6 Å². The molecule has 0 bridgehead atoms. The summed E-state index contributed by atoms with van der Waals surface area (Å²) in [6.07, 6.45) is 2.84. The quantitative estimate of drug-likeness (QED) is 0.676. The second-order valence-corrected chi connectivity index (χ2v) is 6.29. The van der Waals surface area contributed by atoms with Crippen molar-refractivity contribution in [2.24, 2.45) is 0 Å². The first-order chi connectivity index (χ1) is 12.5. The number of aromatic nitrogens is 1. The molecular formula is C20H27N3O3. The molecule has 0 unspecified atom stereocenters. The molecule has 26 heavy (non-hydrogen) atoms. The van der Waals surface area contributed by atoms with E-state index in [4.69, 9.17) is 4.42 Å². The van der Waals surface area contributed by atoms with Gasteiger partial charge in [0.2, 0.25) is 17.7 Å². The van der Waals surface area contributed by atoms with Gasteiger partial charge in [-0.3, -0.25) is 9.59 Å². The molecule has 6 nitrogen and oxygen atoms in total. The van der Waals surface area contributed by atoms with E-state index in [1.807, 2.05) is 19.1 Å². The predicted octanol–water partition coefficient (Wildman–Crippen LogP) is 2.79. The molecule has 0 fully saturated rings. The minimum Gasteiger partial charge on any atom is -0.441 e. The van der Waals surface area contributed by atoms with Crippen LogP contribution in [0, 0.1) is 6.92 Å². The molecule has 0 aliphatic rings. The lowest BCUT2D eigenvalue weighted by Gasteiger charge is -2.04. The van der Waals surface area contributed by atoms with E-state index in [1.165, 1.54) is 12.5 Å². The molecule has 0 spiro atoms. The lowest BCUT2D eigenvalue weighted by atomic mass is 10.1. The van der Waals surface area contributed by atoms with Gasteiger partial charge in [0.25, 0.3) is 0 Å². The number of rotatable bonds is 9. The van der Waals surface area contributed by atoms with Crippen molar-refractivity contribution >= 4 is 11.8 Å². The molecule has 0 radical (unpaired) electrons. The maximum absolute atomic E-state index is 12.1. The largest absolute Gasteiger partial charge is 0.441 e. The molecule has 2 N–H and O–H groups in total. The lowest BCUT2D eigenvalue weighted by Crippen LogP contribution is -2.27. The van der Waals surface area contributed by atoms with Gasteiger partial charge >= 0.3 is 0 Å². The van der Waals surface area contributed by atoms with Gasteiger partial charge in [-0.15, -0.1) is 0 Å². The van der Waals surface area contributed by atoms with Gasteiger partial charge < -0.3 is 15.1 Å². The molecule has 2 amide bonds. The average molecular weight is 357 g/mol. The first-order valence-corrected chi connectivity index (χ1v) is 9.06. The molecule has 2 rings (SSSR count). The third kappa shape index (κ3) is 6.02. The fourth-order valence-corrected chi connectivity index (χ4v) is 2.56. The minimum atomic E-state index is -0.0752. The van der Waals surface area contributed by atoms with E-state index in [0.29, 0.717) is 30.4 Å². The van der Waals surface area contributed by atoms with Gasteiger partial charge in [-0.05, 0) is 43.9 Å². The van der Waals surface area contributed by atoms with Gasteiger partial charge in [0.1, 0.15) is 5.76 Å². The van der Waals surface area contributed by atoms with Crippen molar-refractivity contribution in [1.29, 1.82) is 0 Å². The summed E-state index contributed by atoms with van der Waals surface area (Å²) < 4.78 is 5.72. The standard InChI is InChI=1S/C20H27N3O3/c1-4-16-7-9-17(10-8-16)20-23-18(14(2)26-20)13-19(25)22-12-6-5-11-21-15(3)24/h7-10H,4-6,11-13H2,1-3H3,(H,21,24)(H,22,25). The summed E-state index contributed by atoms with van der Waals surface area (Å²) in [7, 11) is 0. The Morgan fingerprint density at radius 1 is 1.08 bits per heavy atom. The maximum Gasteiger partial charge on any atom is 0.226 e. The van der Waals surface area contributed by atoms with Crippen LogP contribution in [-0.2, 0) is 22.4 Å². The minimum absolute atomic E-state index is 0.0318. The van der Waals surface area contributed by atoms with E-state index < -0.39 is 0 Å². The Morgan fingerprint density at radius 2 is 1.73 bits per heavy atom. The highest BCUT2D eigenvalue weighted by molar-refractivity contribution is 5.78. The first-order valence-electron chi connectivity index (χ1n) is 9.06. The Bertz CT molecular complexity index is 735. The van der Waals surface area contributed by atoms with Crippen LogP contribution in [0.2, 0.25) is 0 Å². The topological polar surface area (TPSA) is 84.2 Å². The Labute approximate surface area is 154 Å². The SMILES string of the molecule is CCc1ccc(-c2nc(CC(=O)NCCCCNC(C)=O)c(C)o2)cc1. The first kappa shape index (κ1) is 19.7. The number of unbranched alkanes of at least 4 members (excludes halogenated alkanes) is 1. The summed E-state index contributed by atoms with van der Waals surface area (Å²) in [6, 6.07) is 8.09. The molecule has 0 saturated heterocycles. The van der Waals surface area contributed by atoms with Crippen LogP contribution in [-0.4, -0.2) is 29.9 Å². The summed E-state index contributed by atoms with van der Waals surface area (Å²) in [5, 5.41) is 5.61. The molecular weight excluding hydrogens is 330 g/mol. The molecule has 1 aromatic heterocycles. The zero-order valence-electron chi connectivity index (χ0n) is 15.7. The molecule has 1 heterocycles. The van der Waals surface area contributed by atoms with Crippen LogP contribution < -0.4 is 10.6 Å². The van der Waals surface area contributed by atoms with E-state index in [2.05, 4.69) is 34.7 Å². The zero-order valence-corrected chi connectivity index (χ0v) is 15.7. The summed E-state index contributed by atoms with van der Waals surface area (Å²) in [5.41, 5.74) is 2.83. The summed E-state index contributed by atoms with van der Waals surface area (Å²) >= 11 is 0. The maximum atomic E-state index is 12.1. The van der Waals surface area contributed by atoms with Crippen molar-refractivity contribution in [1.82, 2.24) is 15.6 Å². The number of carbonyl (C=O) groups is 2. The Morgan fingerprint density at radius 3 is 2.35 bits per heavy atom. The third-order valence-corrected chi connectivity index (χ3v) is 4.13. The fourth-order valence-electron chi connectivity index (χ4n) is 2.56. The number of nitrogens with one attached hydrogen (secondary N) is 2. The number of hydrogen-bond acceptors (Lipinski definition) is 4. The van der Waals surface area contributed by atoms with E-state index in [9.17, 15) is 9.59 Å². The van der Waals surface area contributed by atoms with Gasteiger partial charge in [-0.25, -0.2) is 4.98 Å². The van der Waals surface area contributed by atoms with Crippen molar-refractivity contribution < 1.29 is 14.0 Å². The number of carbonyl (C=O) groups excluding carboxylic acids is 2. The Hall–Kier alpha value is -2.63. The van der Waals surface area contributed by atoms with Gasteiger partial charge in [0.05, 0.1) is 12.1 Å². The van der Waals surface area contributed by atoms with E-state index >= 15 is 0 Å². The van der Waals surface area contributed by atoms with E-state index in [0.717, 1.165) is 24.8 Å². The highest BCUT2D eigenvalue weighted by Gasteiger charge is 2.14. The number of hydrogen-bond donors (Lipinski definition) is 2. The number of aryl methyl sites for hydroxylation is 2. The second-order valence-electron chi connectivity index (χ2n) is 6.29. The van der Waals surface area contributed by atoms with Crippen molar-refractivity contribution in [3.63, 3.8) is 0 Å². The summed E-state index contributed by atoms with van der Waals surface area (Å²) in [6.45, 7) is 6.65. The molecule has 2 aromatic rings. The van der Waals surface area contributed by atoms with Crippen molar-refractivity contribution in [2.75, 3.05) is 13.1 Å². The average Bonchev–Trinajstić information content (AvgIpc) is 2.98. The predicted molar refractivity (Wildman–Crippen MR) is 101 cm³/mol. The number of nitrogens with zero attached hydrogens (tertiary/aromatic N) is 1. The third-order valence-electron chi connectivity index (χ3n) is 4.13. The van der Waals surface area contributed by atoms with Crippen LogP contribution in [0.5, 0.6) is 0 Å². The van der Waals surface area contributed by atoms with Crippen molar-refractivity contribution in [3.05, 3.63) is 41.3 Å². The van der Waals surface area contributed by atoms with Crippen LogP contribution in [0.3, 0.4) is 0 Å². The Kier molecular flexibility index (Phi) is 7.38. The highest BCUT2D eigenvalue weighted by Crippen LogP contribution is 2.22. The van der Waals surface area contributed by atoms with E-state index in [1.54, 1.807) is 0 Å². The van der Waals surface area contributed by atoms with Crippen LogP contribution in [0.1, 0.15) is 43.7 Å². The van der Waals surface area contributed by atoms with Gasteiger partial charge in [-0.1, -0.05) is 19.1 Å². The molecule has 1 aromatic carbocycles. The van der Waals surface area contributed by atoms with Gasteiger partial charge in [-0.2, -0.15) is 0 Å². The zero-order chi connectivity index (χ0) is 18.9. The smallest absolute Gasteiger partial charge is 0.226 e. The normalized spacial score (nSPS) is 10.6. The van der Waals surface area contributed by atoms with Crippen molar-refractivity contribution in [2.45, 2.75) is 46.5 Å². The summed E-state index contributed by atoms with van der Waals surface area (Å²) in [5.74, 6) is 1.10. The second kappa shape index (κ2) is 9.75. The molecule has 0 atom stereocenters. The summed E-state index contributed by atoms with van der Waals surface area (Å²) in [4.78, 5) is 27.3. The monoisotopic (exact) mass is 357 g/mol.